The highest BCUT2D eigenvalue weighted by molar-refractivity contribution is 6.30. The van der Waals surface area contributed by atoms with Gasteiger partial charge in [-0.1, -0.05) is 39.8 Å². The van der Waals surface area contributed by atoms with Crippen molar-refractivity contribution >= 4 is 11.6 Å². The fourth-order valence-corrected chi connectivity index (χ4v) is 3.99. The molecule has 6 nitrogen and oxygen atoms in total. The fraction of sp³-hybridized carbons (Fsp3) is 0.423. The Balaban J connectivity index is 2.71. The fourth-order valence-electron chi connectivity index (χ4n) is 3.99. The van der Waals surface area contributed by atoms with Gasteiger partial charge in [-0.05, 0) is 42.0 Å². The lowest BCUT2D eigenvalue weighted by Gasteiger charge is -2.29. The SMILES string of the molecule is COc1cccc(OC)c1C(=O)[C](C(=O)c1c(OC)cccc1OC)C(C)CC(C)(C)C. The minimum atomic E-state index is -0.436. The molecule has 0 aliphatic heterocycles. The Morgan fingerprint density at radius 1 is 0.719 bits per heavy atom. The lowest BCUT2D eigenvalue weighted by atomic mass is 9.73. The standard InChI is InChI=1S/C26H33O6/c1-16(15-26(2,3)4)21(24(27)22-17(29-5)11-9-12-18(22)30-6)25(28)23-19(31-7)13-10-14-20(23)32-8/h9-14,16H,15H2,1-8H3. The Hall–Kier alpha value is -3.02. The van der Waals surface area contributed by atoms with Crippen LogP contribution in [-0.4, -0.2) is 40.0 Å². The lowest BCUT2D eigenvalue weighted by Crippen LogP contribution is -2.31. The summed E-state index contributed by atoms with van der Waals surface area (Å²) in [5.74, 6) is 0.279. The van der Waals surface area contributed by atoms with Crippen LogP contribution in [0.5, 0.6) is 23.0 Å². The number of carbonyl (C=O) groups excluding carboxylic acids is 2. The molecule has 0 fully saturated rings. The molecule has 0 saturated heterocycles. The van der Waals surface area contributed by atoms with Gasteiger partial charge in [0.05, 0.1) is 28.4 Å². The zero-order valence-corrected chi connectivity index (χ0v) is 20.2. The van der Waals surface area contributed by atoms with E-state index >= 15 is 0 Å². The molecule has 0 aliphatic rings. The molecule has 1 radical (unpaired) electrons. The third-order valence-electron chi connectivity index (χ3n) is 5.21. The molecule has 2 aromatic carbocycles. The van der Waals surface area contributed by atoms with Crippen LogP contribution in [0.25, 0.3) is 0 Å². The maximum absolute atomic E-state index is 13.9. The van der Waals surface area contributed by atoms with Crippen molar-refractivity contribution < 1.29 is 28.5 Å². The first kappa shape index (κ1) is 25.2. The maximum Gasteiger partial charge on any atom is 0.186 e. The van der Waals surface area contributed by atoms with Crippen LogP contribution in [0.2, 0.25) is 0 Å². The van der Waals surface area contributed by atoms with Crippen molar-refractivity contribution in [3.63, 3.8) is 0 Å². The van der Waals surface area contributed by atoms with E-state index in [1.807, 2.05) is 6.92 Å². The van der Waals surface area contributed by atoms with Crippen LogP contribution < -0.4 is 18.9 Å². The summed E-state index contributed by atoms with van der Waals surface area (Å²) in [4.78, 5) is 27.9. The Labute approximate surface area is 190 Å². The first-order chi connectivity index (χ1) is 15.1. The van der Waals surface area contributed by atoms with Gasteiger partial charge >= 0.3 is 0 Å². The van der Waals surface area contributed by atoms with Crippen molar-refractivity contribution in [2.24, 2.45) is 11.3 Å². The van der Waals surface area contributed by atoms with E-state index in [2.05, 4.69) is 20.8 Å². The Morgan fingerprint density at radius 2 is 1.03 bits per heavy atom. The predicted molar refractivity (Wildman–Crippen MR) is 124 cm³/mol. The molecule has 1 atom stereocenters. The Bertz CT molecular complexity index is 845. The van der Waals surface area contributed by atoms with E-state index in [-0.39, 0.29) is 28.4 Å². The summed E-state index contributed by atoms with van der Waals surface area (Å²) in [6.45, 7) is 8.11. The Morgan fingerprint density at radius 3 is 1.28 bits per heavy atom. The number of ketones is 2. The molecule has 0 aromatic heterocycles. The van der Waals surface area contributed by atoms with Crippen molar-refractivity contribution in [1.82, 2.24) is 0 Å². The number of Topliss-reactive ketones (excluding diaryl/α,β-unsaturated/α-hetero) is 2. The topological polar surface area (TPSA) is 71.1 Å². The molecule has 0 N–H and O–H groups in total. The minimum Gasteiger partial charge on any atom is -0.496 e. The Kier molecular flexibility index (Phi) is 8.31. The van der Waals surface area contributed by atoms with Crippen LogP contribution >= 0.6 is 0 Å². The summed E-state index contributed by atoms with van der Waals surface area (Å²) in [7, 11) is 5.92. The summed E-state index contributed by atoms with van der Waals surface area (Å²) in [5.41, 5.74) is 0.326. The van der Waals surface area contributed by atoms with Crippen LogP contribution in [0.3, 0.4) is 0 Å². The van der Waals surface area contributed by atoms with Crippen LogP contribution in [-0.2, 0) is 0 Å². The molecule has 0 bridgehead atoms. The largest absolute Gasteiger partial charge is 0.496 e. The zero-order chi connectivity index (χ0) is 24.1. The third-order valence-corrected chi connectivity index (χ3v) is 5.21. The van der Waals surface area contributed by atoms with E-state index < -0.39 is 11.6 Å². The quantitative estimate of drug-likeness (QED) is 0.361. The number of methoxy groups -OCH3 is 4. The maximum atomic E-state index is 13.9. The van der Waals surface area contributed by atoms with E-state index in [1.54, 1.807) is 36.4 Å². The van der Waals surface area contributed by atoms with Gasteiger partial charge in [-0.3, -0.25) is 9.59 Å². The van der Waals surface area contributed by atoms with Crippen molar-refractivity contribution in [1.29, 1.82) is 0 Å². The summed E-state index contributed by atoms with van der Waals surface area (Å²) in [5, 5.41) is 0. The van der Waals surface area contributed by atoms with Crippen LogP contribution in [0, 0.1) is 17.3 Å². The van der Waals surface area contributed by atoms with E-state index in [1.165, 1.54) is 28.4 Å². The molecule has 1 unspecified atom stereocenters. The highest BCUT2D eigenvalue weighted by Crippen LogP contribution is 2.41. The molecule has 2 rings (SSSR count). The smallest absolute Gasteiger partial charge is 0.186 e. The number of ether oxygens (including phenoxy) is 4. The summed E-state index contributed by atoms with van der Waals surface area (Å²) < 4.78 is 21.8. The number of rotatable bonds is 10. The van der Waals surface area contributed by atoms with Gasteiger partial charge in [0, 0.05) is 0 Å². The number of hydrogen-bond donors (Lipinski definition) is 0. The monoisotopic (exact) mass is 441 g/mol. The second-order valence-electron chi connectivity index (χ2n) is 8.81. The summed E-state index contributed by atoms with van der Waals surface area (Å²) >= 11 is 0. The highest BCUT2D eigenvalue weighted by atomic mass is 16.5. The molecular formula is C26H33O6. The van der Waals surface area contributed by atoms with E-state index in [0.29, 0.717) is 29.4 Å². The number of carbonyl (C=O) groups is 2. The van der Waals surface area contributed by atoms with Crippen molar-refractivity contribution in [3.05, 3.63) is 53.4 Å². The molecule has 0 amide bonds. The van der Waals surface area contributed by atoms with Gasteiger partial charge in [-0.2, -0.15) is 0 Å². The second kappa shape index (κ2) is 10.5. The molecular weight excluding hydrogens is 408 g/mol. The van der Waals surface area contributed by atoms with Crippen molar-refractivity contribution in [2.75, 3.05) is 28.4 Å². The molecule has 173 valence electrons. The van der Waals surface area contributed by atoms with Gasteiger partial charge in [0.25, 0.3) is 0 Å². The molecule has 32 heavy (non-hydrogen) atoms. The number of benzene rings is 2. The van der Waals surface area contributed by atoms with Crippen LogP contribution in [0.4, 0.5) is 0 Å². The molecule has 0 saturated carbocycles. The van der Waals surface area contributed by atoms with E-state index in [4.69, 9.17) is 18.9 Å². The van der Waals surface area contributed by atoms with Crippen LogP contribution in [0.15, 0.2) is 36.4 Å². The van der Waals surface area contributed by atoms with Crippen LogP contribution in [0.1, 0.15) is 54.8 Å². The van der Waals surface area contributed by atoms with Gasteiger partial charge < -0.3 is 18.9 Å². The van der Waals surface area contributed by atoms with Gasteiger partial charge in [0.1, 0.15) is 40.0 Å². The van der Waals surface area contributed by atoms with E-state index in [0.717, 1.165) is 0 Å². The summed E-state index contributed by atoms with van der Waals surface area (Å²) in [6.07, 6.45) is 0.620. The summed E-state index contributed by atoms with van der Waals surface area (Å²) in [6, 6.07) is 10.2. The van der Waals surface area contributed by atoms with Crippen molar-refractivity contribution in [3.8, 4) is 23.0 Å². The lowest BCUT2D eigenvalue weighted by molar-refractivity contribution is 0.0883. The molecule has 2 aromatic rings. The zero-order valence-electron chi connectivity index (χ0n) is 20.2. The van der Waals surface area contributed by atoms with Crippen molar-refractivity contribution in [2.45, 2.75) is 34.1 Å². The van der Waals surface area contributed by atoms with E-state index in [9.17, 15) is 9.59 Å². The second-order valence-corrected chi connectivity index (χ2v) is 8.81. The number of hydrogen-bond acceptors (Lipinski definition) is 6. The molecule has 0 aliphatic carbocycles. The van der Waals surface area contributed by atoms with Gasteiger partial charge in [0.2, 0.25) is 0 Å². The van der Waals surface area contributed by atoms with Gasteiger partial charge in [0.15, 0.2) is 11.6 Å². The first-order valence-corrected chi connectivity index (χ1v) is 10.5. The molecule has 0 spiro atoms. The third kappa shape index (κ3) is 5.42. The van der Waals surface area contributed by atoms with Gasteiger partial charge in [-0.25, -0.2) is 0 Å². The average Bonchev–Trinajstić information content (AvgIpc) is 2.76. The highest BCUT2D eigenvalue weighted by Gasteiger charge is 2.40. The minimum absolute atomic E-state index is 0.110. The van der Waals surface area contributed by atoms with Gasteiger partial charge in [-0.15, -0.1) is 0 Å². The predicted octanol–water partition coefficient (Wildman–Crippen LogP) is 5.43. The molecule has 0 heterocycles. The average molecular weight is 442 g/mol. The molecule has 6 heteroatoms. The first-order valence-electron chi connectivity index (χ1n) is 10.5. The normalized spacial score (nSPS) is 12.3.